The van der Waals surface area contributed by atoms with E-state index in [9.17, 15) is 9.59 Å². The first kappa shape index (κ1) is 28.4. The maximum absolute atomic E-state index is 12.9. The van der Waals surface area contributed by atoms with Gasteiger partial charge in [-0.25, -0.2) is 9.80 Å². The number of nitrogens with one attached hydrogen (secondary N) is 1. The SMILES string of the molecule is CCOc1cc(C2=NN(Cc3ccc(NC(=O)OCCN4CCOCC4)cc3)C(=O)CC2CC)ccc1OC. The molecule has 1 unspecified atom stereocenters. The second-order valence-corrected chi connectivity index (χ2v) is 9.46. The number of carbonyl (C=O) groups is 2. The van der Waals surface area contributed by atoms with Crippen molar-refractivity contribution in [3.05, 3.63) is 53.6 Å². The Balaban J connectivity index is 1.38. The molecule has 1 N–H and O–H groups in total. The molecule has 0 spiro atoms. The first-order chi connectivity index (χ1) is 19.0. The van der Waals surface area contributed by atoms with Crippen LogP contribution < -0.4 is 14.8 Å². The Morgan fingerprint density at radius 2 is 1.87 bits per heavy atom. The molecule has 1 saturated heterocycles. The standard InChI is InChI=1S/C29H38N4O6/c1-4-22-19-27(34)33(31-28(22)23-8-11-25(36-3)26(18-23)38-5-2)20-21-6-9-24(10-7-21)30-29(35)39-17-14-32-12-15-37-16-13-32/h6-11,18,22H,4-5,12-17,19-20H2,1-3H3,(H,30,35). The zero-order chi connectivity index (χ0) is 27.6. The minimum absolute atomic E-state index is 0.0183. The van der Waals surface area contributed by atoms with E-state index in [1.165, 1.54) is 5.01 Å². The molecule has 2 aliphatic heterocycles. The molecule has 1 fully saturated rings. The lowest BCUT2D eigenvalue weighted by Gasteiger charge is -2.29. The number of anilines is 1. The van der Waals surface area contributed by atoms with Crippen LogP contribution in [0.4, 0.5) is 10.5 Å². The van der Waals surface area contributed by atoms with Crippen LogP contribution in [-0.2, 0) is 20.8 Å². The summed E-state index contributed by atoms with van der Waals surface area (Å²) in [5.41, 5.74) is 3.29. The summed E-state index contributed by atoms with van der Waals surface area (Å²) in [5.74, 6) is 1.32. The maximum Gasteiger partial charge on any atom is 0.411 e. The van der Waals surface area contributed by atoms with Crippen LogP contribution in [0.2, 0.25) is 0 Å². The van der Waals surface area contributed by atoms with Crippen LogP contribution in [0.25, 0.3) is 0 Å². The van der Waals surface area contributed by atoms with Gasteiger partial charge in [-0.1, -0.05) is 19.1 Å². The Hall–Kier alpha value is -3.63. The molecule has 1 atom stereocenters. The van der Waals surface area contributed by atoms with E-state index < -0.39 is 6.09 Å². The summed E-state index contributed by atoms with van der Waals surface area (Å²) in [6.45, 7) is 8.97. The van der Waals surface area contributed by atoms with Crippen molar-refractivity contribution < 1.29 is 28.5 Å². The molecular weight excluding hydrogens is 500 g/mol. The average molecular weight is 539 g/mol. The Kier molecular flexibility index (Phi) is 10.2. The van der Waals surface area contributed by atoms with Gasteiger partial charge in [-0.15, -0.1) is 0 Å². The van der Waals surface area contributed by atoms with E-state index in [-0.39, 0.29) is 11.8 Å². The third kappa shape index (κ3) is 7.70. The molecule has 2 aromatic rings. The molecule has 10 heteroatoms. The lowest BCUT2D eigenvalue weighted by atomic mass is 9.89. The zero-order valence-corrected chi connectivity index (χ0v) is 23.0. The van der Waals surface area contributed by atoms with Gasteiger partial charge in [0, 0.05) is 43.2 Å². The van der Waals surface area contributed by atoms with Crippen molar-refractivity contribution in [1.29, 1.82) is 0 Å². The van der Waals surface area contributed by atoms with Gasteiger partial charge in [-0.3, -0.25) is 15.0 Å². The first-order valence-corrected chi connectivity index (χ1v) is 13.5. The van der Waals surface area contributed by atoms with E-state index in [1.807, 2.05) is 37.3 Å². The van der Waals surface area contributed by atoms with Gasteiger partial charge < -0.3 is 18.9 Å². The average Bonchev–Trinajstić information content (AvgIpc) is 2.95. The number of hydrogen-bond donors (Lipinski definition) is 1. The number of amides is 2. The first-order valence-electron chi connectivity index (χ1n) is 13.5. The monoisotopic (exact) mass is 538 g/mol. The molecule has 2 aromatic carbocycles. The molecule has 0 aromatic heterocycles. The topological polar surface area (TPSA) is 102 Å². The Labute approximate surface area is 229 Å². The van der Waals surface area contributed by atoms with Crippen molar-refractivity contribution in [2.45, 2.75) is 33.2 Å². The Morgan fingerprint density at radius 1 is 1.10 bits per heavy atom. The molecule has 39 heavy (non-hydrogen) atoms. The van der Waals surface area contributed by atoms with Crippen LogP contribution in [0.5, 0.6) is 11.5 Å². The third-order valence-electron chi connectivity index (χ3n) is 6.85. The molecule has 10 nitrogen and oxygen atoms in total. The van der Waals surface area contributed by atoms with Crippen molar-refractivity contribution in [1.82, 2.24) is 9.91 Å². The van der Waals surface area contributed by atoms with Gasteiger partial charge in [0.05, 0.1) is 39.2 Å². The molecule has 2 heterocycles. The predicted octanol–water partition coefficient (Wildman–Crippen LogP) is 4.14. The molecular formula is C29H38N4O6. The molecule has 0 saturated carbocycles. The summed E-state index contributed by atoms with van der Waals surface area (Å²) in [6.07, 6.45) is 0.700. The third-order valence-corrected chi connectivity index (χ3v) is 6.85. The lowest BCUT2D eigenvalue weighted by Crippen LogP contribution is -2.38. The second kappa shape index (κ2) is 14.0. The van der Waals surface area contributed by atoms with Gasteiger partial charge >= 0.3 is 6.09 Å². The number of rotatable bonds is 11. The minimum Gasteiger partial charge on any atom is -0.493 e. The summed E-state index contributed by atoms with van der Waals surface area (Å²) in [6, 6.07) is 13.1. The number of methoxy groups -OCH3 is 1. The number of morpholine rings is 1. The normalized spacial score (nSPS) is 17.9. The van der Waals surface area contributed by atoms with E-state index >= 15 is 0 Å². The minimum atomic E-state index is -0.493. The Bertz CT molecular complexity index is 1150. The highest BCUT2D eigenvalue weighted by molar-refractivity contribution is 6.06. The number of hydrazone groups is 1. The molecule has 2 amide bonds. The fourth-order valence-corrected chi connectivity index (χ4v) is 4.65. The molecule has 0 aliphatic carbocycles. The van der Waals surface area contributed by atoms with E-state index in [0.717, 1.165) is 36.3 Å². The van der Waals surface area contributed by atoms with Gasteiger partial charge in [0.2, 0.25) is 5.91 Å². The van der Waals surface area contributed by atoms with Gasteiger partial charge in [0.1, 0.15) is 6.61 Å². The quantitative estimate of drug-likeness (QED) is 0.459. The molecule has 0 radical (unpaired) electrons. The fourth-order valence-electron chi connectivity index (χ4n) is 4.65. The summed E-state index contributed by atoms with van der Waals surface area (Å²) in [7, 11) is 1.61. The van der Waals surface area contributed by atoms with Crippen LogP contribution in [0.15, 0.2) is 47.6 Å². The summed E-state index contributed by atoms with van der Waals surface area (Å²) >= 11 is 0. The van der Waals surface area contributed by atoms with Crippen molar-refractivity contribution in [2.75, 3.05) is 58.5 Å². The summed E-state index contributed by atoms with van der Waals surface area (Å²) in [5, 5.41) is 9.06. The highest BCUT2D eigenvalue weighted by Crippen LogP contribution is 2.32. The van der Waals surface area contributed by atoms with Crippen LogP contribution in [0.3, 0.4) is 0 Å². The fraction of sp³-hybridized carbons (Fsp3) is 0.483. The zero-order valence-electron chi connectivity index (χ0n) is 23.0. The maximum atomic E-state index is 12.9. The highest BCUT2D eigenvalue weighted by Gasteiger charge is 2.30. The molecule has 2 aliphatic rings. The van der Waals surface area contributed by atoms with Crippen molar-refractivity contribution in [3.63, 3.8) is 0 Å². The van der Waals surface area contributed by atoms with Gasteiger partial charge in [-0.2, -0.15) is 5.10 Å². The Morgan fingerprint density at radius 3 is 2.56 bits per heavy atom. The van der Waals surface area contributed by atoms with E-state index in [4.69, 9.17) is 24.0 Å². The van der Waals surface area contributed by atoms with E-state index in [1.54, 1.807) is 19.2 Å². The van der Waals surface area contributed by atoms with Crippen LogP contribution in [-0.4, -0.2) is 80.8 Å². The van der Waals surface area contributed by atoms with Gasteiger partial charge in [0.25, 0.3) is 0 Å². The molecule has 0 bridgehead atoms. The van der Waals surface area contributed by atoms with Crippen molar-refractivity contribution >= 4 is 23.4 Å². The summed E-state index contributed by atoms with van der Waals surface area (Å²) in [4.78, 5) is 27.3. The van der Waals surface area contributed by atoms with Crippen LogP contribution in [0.1, 0.15) is 37.8 Å². The smallest absolute Gasteiger partial charge is 0.411 e. The highest BCUT2D eigenvalue weighted by atomic mass is 16.5. The predicted molar refractivity (Wildman–Crippen MR) is 148 cm³/mol. The number of hydrogen-bond acceptors (Lipinski definition) is 8. The van der Waals surface area contributed by atoms with Gasteiger partial charge in [0.15, 0.2) is 11.5 Å². The number of benzene rings is 2. The summed E-state index contributed by atoms with van der Waals surface area (Å²) < 4.78 is 21.8. The number of ether oxygens (including phenoxy) is 4. The van der Waals surface area contributed by atoms with E-state index in [0.29, 0.717) is 63.1 Å². The molecule has 4 rings (SSSR count). The van der Waals surface area contributed by atoms with Crippen molar-refractivity contribution in [2.24, 2.45) is 11.0 Å². The van der Waals surface area contributed by atoms with E-state index in [2.05, 4.69) is 17.1 Å². The van der Waals surface area contributed by atoms with Crippen LogP contribution >= 0.6 is 0 Å². The molecule has 210 valence electrons. The van der Waals surface area contributed by atoms with Crippen LogP contribution in [0, 0.1) is 5.92 Å². The lowest BCUT2D eigenvalue weighted by molar-refractivity contribution is -0.133. The second-order valence-electron chi connectivity index (χ2n) is 9.46. The number of nitrogens with zero attached hydrogens (tertiary/aromatic N) is 3. The largest absolute Gasteiger partial charge is 0.493 e. The van der Waals surface area contributed by atoms with Gasteiger partial charge in [-0.05, 0) is 49.2 Å². The van der Waals surface area contributed by atoms with Crippen molar-refractivity contribution in [3.8, 4) is 11.5 Å². The number of carbonyl (C=O) groups excluding carboxylic acids is 2.